The van der Waals surface area contributed by atoms with Gasteiger partial charge in [0.25, 0.3) is 0 Å². The lowest BCUT2D eigenvalue weighted by molar-refractivity contribution is 0.414. The summed E-state index contributed by atoms with van der Waals surface area (Å²) < 4.78 is 27.0. The third-order valence-electron chi connectivity index (χ3n) is 4.48. The van der Waals surface area contributed by atoms with Crippen molar-refractivity contribution in [3.8, 4) is 17.2 Å². The SMILES string of the molecule is C=Cc1nn(Cc2ccc(OC)cc2)c2nccc(Oc3ccc(N)cc3F)c12. The molecule has 0 radical (unpaired) electrons. The van der Waals surface area contributed by atoms with Gasteiger partial charge < -0.3 is 15.2 Å². The molecule has 2 aromatic carbocycles. The predicted octanol–water partition coefficient (Wildman–Crippen LogP) is 4.64. The van der Waals surface area contributed by atoms with Crippen LogP contribution < -0.4 is 15.2 Å². The van der Waals surface area contributed by atoms with Crippen molar-refractivity contribution in [1.82, 2.24) is 14.8 Å². The lowest BCUT2D eigenvalue weighted by Gasteiger charge is -2.09. The number of fused-ring (bicyclic) bond motifs is 1. The van der Waals surface area contributed by atoms with Crippen molar-refractivity contribution in [2.75, 3.05) is 12.8 Å². The summed E-state index contributed by atoms with van der Waals surface area (Å²) in [6.45, 7) is 4.34. The summed E-state index contributed by atoms with van der Waals surface area (Å²) in [7, 11) is 1.63. The van der Waals surface area contributed by atoms with Crippen molar-refractivity contribution in [2.45, 2.75) is 6.54 Å². The maximum Gasteiger partial charge on any atom is 0.167 e. The average molecular weight is 390 g/mol. The Balaban J connectivity index is 1.74. The van der Waals surface area contributed by atoms with Gasteiger partial charge in [0.1, 0.15) is 11.5 Å². The summed E-state index contributed by atoms with van der Waals surface area (Å²) in [6, 6.07) is 13.7. The van der Waals surface area contributed by atoms with Gasteiger partial charge in [-0.1, -0.05) is 18.7 Å². The average Bonchev–Trinajstić information content (AvgIpc) is 3.09. The molecule has 0 spiro atoms. The number of hydrogen-bond acceptors (Lipinski definition) is 5. The van der Waals surface area contributed by atoms with Crippen LogP contribution in [0.3, 0.4) is 0 Å². The van der Waals surface area contributed by atoms with E-state index in [1.807, 2.05) is 24.3 Å². The van der Waals surface area contributed by atoms with Crippen molar-refractivity contribution in [3.63, 3.8) is 0 Å². The summed E-state index contributed by atoms with van der Waals surface area (Å²) in [5.41, 5.74) is 8.19. The third-order valence-corrected chi connectivity index (χ3v) is 4.48. The molecule has 7 heteroatoms. The van der Waals surface area contributed by atoms with E-state index in [0.717, 1.165) is 11.3 Å². The number of pyridine rings is 1. The van der Waals surface area contributed by atoms with Gasteiger partial charge >= 0.3 is 0 Å². The highest BCUT2D eigenvalue weighted by atomic mass is 19.1. The first-order valence-corrected chi connectivity index (χ1v) is 8.93. The Morgan fingerprint density at radius 2 is 1.93 bits per heavy atom. The molecule has 2 aromatic heterocycles. The normalized spacial score (nSPS) is 10.8. The minimum absolute atomic E-state index is 0.0737. The van der Waals surface area contributed by atoms with Crippen LogP contribution in [0, 0.1) is 5.82 Å². The molecule has 0 saturated carbocycles. The summed E-state index contributed by atoms with van der Waals surface area (Å²) >= 11 is 0. The number of anilines is 1. The molecule has 0 aliphatic rings. The summed E-state index contributed by atoms with van der Waals surface area (Å²) in [5.74, 6) is 0.755. The van der Waals surface area contributed by atoms with Gasteiger partial charge in [0.05, 0.1) is 24.7 Å². The van der Waals surface area contributed by atoms with Crippen molar-refractivity contribution >= 4 is 22.8 Å². The zero-order valence-corrected chi connectivity index (χ0v) is 15.8. The van der Waals surface area contributed by atoms with Gasteiger partial charge in [-0.2, -0.15) is 5.10 Å². The van der Waals surface area contributed by atoms with Crippen molar-refractivity contribution in [1.29, 1.82) is 0 Å². The van der Waals surface area contributed by atoms with Crippen LogP contribution >= 0.6 is 0 Å². The number of methoxy groups -OCH3 is 1. The molecule has 0 aliphatic heterocycles. The lowest BCUT2D eigenvalue weighted by atomic mass is 10.2. The maximum atomic E-state index is 14.2. The number of halogens is 1. The van der Waals surface area contributed by atoms with Gasteiger partial charge in [0.2, 0.25) is 0 Å². The van der Waals surface area contributed by atoms with Gasteiger partial charge in [0.15, 0.2) is 17.2 Å². The molecule has 0 amide bonds. The topological polar surface area (TPSA) is 75.2 Å². The number of rotatable bonds is 6. The Labute approximate surface area is 167 Å². The Kier molecular flexibility index (Phi) is 4.87. The fourth-order valence-electron chi connectivity index (χ4n) is 3.06. The monoisotopic (exact) mass is 390 g/mol. The highest BCUT2D eigenvalue weighted by Gasteiger charge is 2.17. The highest BCUT2D eigenvalue weighted by molar-refractivity contribution is 5.90. The van der Waals surface area contributed by atoms with Crippen molar-refractivity contribution in [2.24, 2.45) is 0 Å². The highest BCUT2D eigenvalue weighted by Crippen LogP contribution is 2.33. The Morgan fingerprint density at radius 1 is 1.14 bits per heavy atom. The molecule has 0 saturated heterocycles. The Bertz CT molecular complexity index is 1190. The summed E-state index contributed by atoms with van der Waals surface area (Å²) in [6.07, 6.45) is 3.23. The molecule has 0 aliphatic carbocycles. The van der Waals surface area contributed by atoms with Gasteiger partial charge in [-0.05, 0) is 42.0 Å². The van der Waals surface area contributed by atoms with E-state index in [1.54, 1.807) is 36.2 Å². The van der Waals surface area contributed by atoms with Crippen LogP contribution in [-0.2, 0) is 6.54 Å². The zero-order chi connectivity index (χ0) is 20.4. The minimum Gasteiger partial charge on any atom is -0.497 e. The lowest BCUT2D eigenvalue weighted by Crippen LogP contribution is -2.03. The standard InChI is InChI=1S/C22H19FN4O2/c1-3-18-21-20(29-19-9-6-15(24)12-17(19)23)10-11-25-22(21)27(26-18)13-14-4-7-16(28-2)8-5-14/h3-12H,1,13,24H2,2H3. The Morgan fingerprint density at radius 3 is 2.62 bits per heavy atom. The molecular weight excluding hydrogens is 371 g/mol. The van der Waals surface area contributed by atoms with Crippen LogP contribution in [-0.4, -0.2) is 21.9 Å². The molecule has 0 bridgehead atoms. The van der Waals surface area contributed by atoms with Crippen LogP contribution in [0.25, 0.3) is 17.1 Å². The quantitative estimate of drug-likeness (QED) is 0.485. The first-order chi connectivity index (χ1) is 14.1. The molecular formula is C22H19FN4O2. The molecule has 0 atom stereocenters. The smallest absolute Gasteiger partial charge is 0.167 e. The van der Waals surface area contributed by atoms with Crippen molar-refractivity contribution < 1.29 is 13.9 Å². The molecule has 4 aromatic rings. The summed E-state index contributed by atoms with van der Waals surface area (Å²) in [5, 5.41) is 5.26. The number of nitrogens with two attached hydrogens (primary N) is 1. The Hall–Kier alpha value is -3.87. The van der Waals surface area contributed by atoms with Crippen LogP contribution in [0.1, 0.15) is 11.3 Å². The molecule has 4 rings (SSSR count). The number of aromatic nitrogens is 3. The van der Waals surface area contributed by atoms with E-state index >= 15 is 0 Å². The maximum absolute atomic E-state index is 14.2. The van der Waals surface area contributed by atoms with E-state index in [2.05, 4.69) is 16.7 Å². The van der Waals surface area contributed by atoms with E-state index in [-0.39, 0.29) is 5.75 Å². The molecule has 146 valence electrons. The van der Waals surface area contributed by atoms with Gasteiger partial charge in [0, 0.05) is 18.0 Å². The number of hydrogen-bond donors (Lipinski definition) is 1. The van der Waals surface area contributed by atoms with E-state index in [9.17, 15) is 4.39 Å². The number of nitrogens with zero attached hydrogens (tertiary/aromatic N) is 3. The van der Waals surface area contributed by atoms with Gasteiger partial charge in [-0.25, -0.2) is 14.1 Å². The largest absolute Gasteiger partial charge is 0.497 e. The molecule has 0 unspecified atom stereocenters. The summed E-state index contributed by atoms with van der Waals surface area (Å²) in [4.78, 5) is 4.45. The van der Waals surface area contributed by atoms with Gasteiger partial charge in [-0.15, -0.1) is 0 Å². The molecule has 29 heavy (non-hydrogen) atoms. The molecule has 2 N–H and O–H groups in total. The number of benzene rings is 2. The fraction of sp³-hybridized carbons (Fsp3) is 0.0909. The van der Waals surface area contributed by atoms with Crippen LogP contribution in [0.15, 0.2) is 61.3 Å². The second-order valence-electron chi connectivity index (χ2n) is 6.39. The second-order valence-corrected chi connectivity index (χ2v) is 6.39. The van der Waals surface area contributed by atoms with Crippen LogP contribution in [0.2, 0.25) is 0 Å². The molecule has 2 heterocycles. The predicted molar refractivity (Wildman–Crippen MR) is 111 cm³/mol. The number of nitrogen functional groups attached to an aromatic ring is 1. The first kappa shape index (κ1) is 18.5. The van der Waals surface area contributed by atoms with E-state index < -0.39 is 5.82 Å². The minimum atomic E-state index is -0.541. The van der Waals surface area contributed by atoms with E-state index in [0.29, 0.717) is 34.7 Å². The zero-order valence-electron chi connectivity index (χ0n) is 15.8. The van der Waals surface area contributed by atoms with E-state index in [1.165, 1.54) is 12.1 Å². The molecule has 6 nitrogen and oxygen atoms in total. The number of ether oxygens (including phenoxy) is 2. The fourth-order valence-corrected chi connectivity index (χ4v) is 3.06. The van der Waals surface area contributed by atoms with Gasteiger partial charge in [-0.3, -0.25) is 0 Å². The molecule has 0 fully saturated rings. The van der Waals surface area contributed by atoms with Crippen LogP contribution in [0.4, 0.5) is 10.1 Å². The third kappa shape index (κ3) is 3.62. The van der Waals surface area contributed by atoms with E-state index in [4.69, 9.17) is 15.2 Å². The first-order valence-electron chi connectivity index (χ1n) is 8.93. The van der Waals surface area contributed by atoms with Crippen molar-refractivity contribution in [3.05, 3.63) is 78.4 Å². The second kappa shape index (κ2) is 7.63. The van der Waals surface area contributed by atoms with Crippen LogP contribution in [0.5, 0.6) is 17.2 Å².